The molecule has 2 N–H and O–H groups in total. The molecule has 0 spiro atoms. The van der Waals surface area contributed by atoms with Crippen LogP contribution in [0.15, 0.2) is 41.4 Å². The van der Waals surface area contributed by atoms with Crippen molar-refractivity contribution in [3.8, 4) is 5.75 Å². The number of hydrogen-bond acceptors (Lipinski definition) is 5. The van der Waals surface area contributed by atoms with Crippen LogP contribution in [-0.4, -0.2) is 32.5 Å². The summed E-state index contributed by atoms with van der Waals surface area (Å²) in [6.45, 7) is 1.83. The van der Waals surface area contributed by atoms with Gasteiger partial charge < -0.3 is 10.1 Å². The van der Waals surface area contributed by atoms with Crippen molar-refractivity contribution in [1.29, 1.82) is 0 Å². The summed E-state index contributed by atoms with van der Waals surface area (Å²) in [6.07, 6.45) is 3.16. The third kappa shape index (κ3) is 4.15. The van der Waals surface area contributed by atoms with E-state index in [-0.39, 0.29) is 16.6 Å². The van der Waals surface area contributed by atoms with E-state index in [4.69, 9.17) is 4.74 Å². The molecule has 0 bridgehead atoms. The van der Waals surface area contributed by atoms with E-state index in [1.54, 1.807) is 12.1 Å². The molecule has 132 valence electrons. The molecule has 25 heavy (non-hydrogen) atoms. The number of anilines is 1. The standard InChI is InChI=1S/C17H19N3O4S/c1-11-3-4-12(10-18-11)17(21)19-15-9-14(7-8-16(15)24-2)25(22,23)20-13-5-6-13/h3-4,7-10,13,20H,5-6H2,1-2H3,(H,19,21). The fourth-order valence-electron chi connectivity index (χ4n) is 2.24. The molecule has 0 atom stereocenters. The number of rotatable bonds is 6. The molecule has 0 unspecified atom stereocenters. The lowest BCUT2D eigenvalue weighted by Crippen LogP contribution is -2.26. The predicted molar refractivity (Wildman–Crippen MR) is 93.3 cm³/mol. The molecule has 7 nitrogen and oxygen atoms in total. The zero-order valence-corrected chi connectivity index (χ0v) is 14.8. The summed E-state index contributed by atoms with van der Waals surface area (Å²) in [7, 11) is -2.17. The zero-order valence-electron chi connectivity index (χ0n) is 13.9. The number of carbonyl (C=O) groups is 1. The molecule has 1 saturated carbocycles. The van der Waals surface area contributed by atoms with Crippen molar-refractivity contribution in [3.63, 3.8) is 0 Å². The van der Waals surface area contributed by atoms with Gasteiger partial charge in [0.1, 0.15) is 5.75 Å². The van der Waals surface area contributed by atoms with E-state index in [9.17, 15) is 13.2 Å². The average Bonchev–Trinajstić information content (AvgIpc) is 3.38. The van der Waals surface area contributed by atoms with Gasteiger partial charge in [0, 0.05) is 17.9 Å². The van der Waals surface area contributed by atoms with Crippen LogP contribution in [0, 0.1) is 6.92 Å². The minimum atomic E-state index is -3.62. The second-order valence-corrected chi connectivity index (χ2v) is 7.61. The van der Waals surface area contributed by atoms with Gasteiger partial charge in [0.15, 0.2) is 0 Å². The Kier molecular flexibility index (Phi) is 4.73. The number of aromatic nitrogens is 1. The molecule has 1 aromatic heterocycles. The van der Waals surface area contributed by atoms with E-state index in [2.05, 4.69) is 15.0 Å². The molecule has 3 rings (SSSR count). The number of nitrogens with one attached hydrogen (secondary N) is 2. The number of amides is 1. The SMILES string of the molecule is COc1ccc(S(=O)(=O)NC2CC2)cc1NC(=O)c1ccc(C)nc1. The monoisotopic (exact) mass is 361 g/mol. The van der Waals surface area contributed by atoms with Gasteiger partial charge in [0.2, 0.25) is 10.0 Å². The summed E-state index contributed by atoms with van der Waals surface area (Å²) in [5.74, 6) is -0.0192. The van der Waals surface area contributed by atoms with Crippen LogP contribution in [-0.2, 0) is 10.0 Å². The molecule has 1 amide bonds. The van der Waals surface area contributed by atoms with E-state index in [0.717, 1.165) is 18.5 Å². The normalized spacial score (nSPS) is 14.2. The molecule has 1 aromatic carbocycles. The highest BCUT2D eigenvalue weighted by Gasteiger charge is 2.28. The van der Waals surface area contributed by atoms with Crippen molar-refractivity contribution in [2.45, 2.75) is 30.7 Å². The van der Waals surface area contributed by atoms with E-state index in [1.165, 1.54) is 31.5 Å². The summed E-state index contributed by atoms with van der Waals surface area (Å²) < 4.78 is 32.5. The first-order chi connectivity index (χ1) is 11.9. The second kappa shape index (κ2) is 6.81. The molecule has 2 aromatic rings. The third-order valence-electron chi connectivity index (χ3n) is 3.80. The van der Waals surface area contributed by atoms with Crippen LogP contribution in [0.3, 0.4) is 0 Å². The average molecular weight is 361 g/mol. The van der Waals surface area contributed by atoms with Crippen LogP contribution >= 0.6 is 0 Å². The number of hydrogen-bond donors (Lipinski definition) is 2. The van der Waals surface area contributed by atoms with Crippen molar-refractivity contribution >= 4 is 21.6 Å². The number of nitrogens with zero attached hydrogens (tertiary/aromatic N) is 1. The van der Waals surface area contributed by atoms with Crippen molar-refractivity contribution in [2.24, 2.45) is 0 Å². The minimum absolute atomic E-state index is 0.00350. The van der Waals surface area contributed by atoms with E-state index < -0.39 is 15.9 Å². The second-order valence-electron chi connectivity index (χ2n) is 5.90. The van der Waals surface area contributed by atoms with Gasteiger partial charge in [-0.15, -0.1) is 0 Å². The van der Waals surface area contributed by atoms with Crippen LogP contribution in [0.25, 0.3) is 0 Å². The van der Waals surface area contributed by atoms with Gasteiger partial charge in [0.05, 0.1) is 23.3 Å². The quantitative estimate of drug-likeness (QED) is 0.821. The Morgan fingerprint density at radius 3 is 2.60 bits per heavy atom. The van der Waals surface area contributed by atoms with Gasteiger partial charge in [-0.2, -0.15) is 0 Å². The molecule has 8 heteroatoms. The summed E-state index contributed by atoms with van der Waals surface area (Å²) in [5, 5.41) is 2.68. The van der Waals surface area contributed by atoms with Gasteiger partial charge in [-0.25, -0.2) is 13.1 Å². The Hall–Kier alpha value is -2.45. The fraction of sp³-hybridized carbons (Fsp3) is 0.294. The van der Waals surface area contributed by atoms with Gasteiger partial charge in [-0.05, 0) is 50.1 Å². The molecule has 0 saturated heterocycles. The third-order valence-corrected chi connectivity index (χ3v) is 5.32. The van der Waals surface area contributed by atoms with Crippen molar-refractivity contribution < 1.29 is 17.9 Å². The molecule has 1 aliphatic carbocycles. The van der Waals surface area contributed by atoms with Gasteiger partial charge in [-0.3, -0.25) is 9.78 Å². The number of benzene rings is 1. The van der Waals surface area contributed by atoms with Crippen LogP contribution in [0.1, 0.15) is 28.9 Å². The van der Waals surface area contributed by atoms with Crippen LogP contribution in [0.5, 0.6) is 5.75 Å². The maximum atomic E-state index is 12.4. The lowest BCUT2D eigenvalue weighted by molar-refractivity contribution is 0.102. The van der Waals surface area contributed by atoms with Gasteiger partial charge in [-0.1, -0.05) is 0 Å². The lowest BCUT2D eigenvalue weighted by atomic mass is 10.2. The summed E-state index contributed by atoms with van der Waals surface area (Å²) in [4.78, 5) is 16.5. The van der Waals surface area contributed by atoms with Crippen LogP contribution in [0.2, 0.25) is 0 Å². The summed E-state index contributed by atoms with van der Waals surface area (Å²) in [6, 6.07) is 7.75. The topological polar surface area (TPSA) is 97.4 Å². The van der Waals surface area contributed by atoms with E-state index >= 15 is 0 Å². The molecule has 1 fully saturated rings. The Bertz CT molecular complexity index is 891. The Morgan fingerprint density at radius 1 is 1.24 bits per heavy atom. The Balaban J connectivity index is 1.87. The highest BCUT2D eigenvalue weighted by atomic mass is 32.2. The number of pyridine rings is 1. The highest BCUT2D eigenvalue weighted by molar-refractivity contribution is 7.89. The number of carbonyl (C=O) groups excluding carboxylic acids is 1. The maximum Gasteiger partial charge on any atom is 0.257 e. The first kappa shape index (κ1) is 17.4. The van der Waals surface area contributed by atoms with Crippen molar-refractivity contribution in [2.75, 3.05) is 12.4 Å². The molecule has 1 aliphatic rings. The lowest BCUT2D eigenvalue weighted by Gasteiger charge is -2.13. The van der Waals surface area contributed by atoms with Crippen LogP contribution < -0.4 is 14.8 Å². The summed E-state index contributed by atoms with van der Waals surface area (Å²) >= 11 is 0. The Morgan fingerprint density at radius 2 is 2.00 bits per heavy atom. The largest absolute Gasteiger partial charge is 0.495 e. The molecule has 1 heterocycles. The minimum Gasteiger partial charge on any atom is -0.495 e. The van der Waals surface area contributed by atoms with Crippen molar-refractivity contribution in [3.05, 3.63) is 47.8 Å². The maximum absolute atomic E-state index is 12.4. The number of ether oxygens (including phenoxy) is 1. The van der Waals surface area contributed by atoms with E-state index in [0.29, 0.717) is 11.3 Å². The fourth-order valence-corrected chi connectivity index (χ4v) is 3.57. The zero-order chi connectivity index (χ0) is 18.0. The summed E-state index contributed by atoms with van der Waals surface area (Å²) in [5.41, 5.74) is 1.46. The number of aryl methyl sites for hydroxylation is 1. The molecule has 0 radical (unpaired) electrons. The Labute approximate surface area is 146 Å². The highest BCUT2D eigenvalue weighted by Crippen LogP contribution is 2.29. The first-order valence-electron chi connectivity index (χ1n) is 7.83. The smallest absolute Gasteiger partial charge is 0.257 e. The predicted octanol–water partition coefficient (Wildman–Crippen LogP) is 2.09. The molecular weight excluding hydrogens is 342 g/mol. The first-order valence-corrected chi connectivity index (χ1v) is 9.32. The van der Waals surface area contributed by atoms with Gasteiger partial charge >= 0.3 is 0 Å². The number of sulfonamides is 1. The molecular formula is C17H19N3O4S. The van der Waals surface area contributed by atoms with E-state index in [1.807, 2.05) is 6.92 Å². The van der Waals surface area contributed by atoms with Crippen LogP contribution in [0.4, 0.5) is 5.69 Å². The molecule has 0 aliphatic heterocycles. The van der Waals surface area contributed by atoms with Gasteiger partial charge in [0.25, 0.3) is 5.91 Å². The number of methoxy groups -OCH3 is 1. The van der Waals surface area contributed by atoms with Crippen molar-refractivity contribution in [1.82, 2.24) is 9.71 Å².